The van der Waals surface area contributed by atoms with Crippen molar-refractivity contribution in [3.8, 4) is 33.0 Å². The van der Waals surface area contributed by atoms with Crippen LogP contribution >= 0.6 is 22.9 Å². The average molecular weight is 597 g/mol. The van der Waals surface area contributed by atoms with Crippen LogP contribution in [0, 0.1) is 6.92 Å². The third-order valence-electron chi connectivity index (χ3n) is 7.23. The van der Waals surface area contributed by atoms with Crippen molar-refractivity contribution in [1.29, 1.82) is 0 Å². The van der Waals surface area contributed by atoms with Crippen LogP contribution < -0.4 is 0 Å². The summed E-state index contributed by atoms with van der Waals surface area (Å²) in [5, 5.41) is 7.33. The molecule has 0 bridgehead atoms. The molecule has 0 radical (unpaired) electrons. The maximum absolute atomic E-state index is 12.8. The zero-order chi connectivity index (χ0) is 29.2. The molecule has 0 atom stereocenters. The van der Waals surface area contributed by atoms with Gasteiger partial charge in [0.15, 0.2) is 0 Å². The number of pyridine rings is 1. The zero-order valence-electron chi connectivity index (χ0n) is 23.6. The van der Waals surface area contributed by atoms with Crippen molar-refractivity contribution in [3.05, 3.63) is 89.2 Å². The van der Waals surface area contributed by atoms with Crippen LogP contribution in [0.1, 0.15) is 30.9 Å². The highest BCUT2D eigenvalue weighted by molar-refractivity contribution is 7.22. The molecule has 0 unspecified atom stereocenters. The number of thiazole rings is 1. The van der Waals surface area contributed by atoms with Gasteiger partial charge < -0.3 is 0 Å². The number of unbranched alkanes of at least 4 members (excludes halogenated alkanes) is 1. The van der Waals surface area contributed by atoms with Gasteiger partial charge in [-0.3, -0.25) is 14.6 Å². The molecule has 0 spiro atoms. The lowest BCUT2D eigenvalue weighted by Gasteiger charge is -2.14. The van der Waals surface area contributed by atoms with Crippen molar-refractivity contribution in [3.63, 3.8) is 0 Å². The first kappa shape index (κ1) is 28.0. The molecule has 0 N–H and O–H groups in total. The number of carbonyl (C=O) groups excluding carboxylic acids is 1. The van der Waals surface area contributed by atoms with Crippen LogP contribution in [0.15, 0.2) is 73.1 Å². The van der Waals surface area contributed by atoms with Crippen molar-refractivity contribution in [2.24, 2.45) is 7.05 Å². The van der Waals surface area contributed by atoms with E-state index in [-0.39, 0.29) is 6.42 Å². The number of fused-ring (bicyclic) bond motifs is 2. The van der Waals surface area contributed by atoms with Crippen molar-refractivity contribution in [2.45, 2.75) is 33.1 Å². The summed E-state index contributed by atoms with van der Waals surface area (Å²) in [4.78, 5) is 32.4. The molecule has 3 aromatic carbocycles. The molecule has 3 heterocycles. The minimum atomic E-state index is -0.432. The third kappa shape index (κ3) is 5.53. The van der Waals surface area contributed by atoms with Gasteiger partial charge in [0.25, 0.3) is 0 Å². The maximum atomic E-state index is 12.8. The second kappa shape index (κ2) is 12.0. The molecule has 0 aliphatic heterocycles. The van der Waals surface area contributed by atoms with Gasteiger partial charge in [-0.05, 0) is 78.6 Å². The number of carbonyl (C=O) groups is 1. The molecule has 3 aromatic heterocycles. The molecule has 0 amide bonds. The highest BCUT2D eigenvalue weighted by Crippen LogP contribution is 2.42. The highest BCUT2D eigenvalue weighted by Gasteiger charge is 2.21. The summed E-state index contributed by atoms with van der Waals surface area (Å²) in [7, 11) is 1.95. The maximum Gasteiger partial charge on any atom is 0.346 e. The van der Waals surface area contributed by atoms with E-state index in [2.05, 4.69) is 30.1 Å². The number of benzene rings is 3. The van der Waals surface area contributed by atoms with E-state index in [1.54, 1.807) is 17.5 Å². The molecule has 42 heavy (non-hydrogen) atoms. The Bertz CT molecular complexity index is 1900. The quantitative estimate of drug-likeness (QED) is 0.0948. The van der Waals surface area contributed by atoms with E-state index in [1.807, 2.05) is 67.3 Å². The van der Waals surface area contributed by atoms with Gasteiger partial charge >= 0.3 is 5.97 Å². The lowest BCUT2D eigenvalue weighted by molar-refractivity contribution is -0.272. The second-order valence-corrected chi connectivity index (χ2v) is 11.6. The predicted molar refractivity (Wildman–Crippen MR) is 168 cm³/mol. The first-order valence-electron chi connectivity index (χ1n) is 13.8. The zero-order valence-corrected chi connectivity index (χ0v) is 25.1. The lowest BCUT2D eigenvalue weighted by Crippen LogP contribution is -2.11. The van der Waals surface area contributed by atoms with Crippen LogP contribution in [0.5, 0.6) is 0 Å². The number of hydrogen-bond acceptors (Lipinski definition) is 7. The van der Waals surface area contributed by atoms with E-state index < -0.39 is 5.97 Å². The van der Waals surface area contributed by atoms with E-state index in [9.17, 15) is 4.79 Å². The summed E-state index contributed by atoms with van der Waals surface area (Å²) in [5.74, 6) is -0.432. The molecule has 9 heteroatoms. The Morgan fingerprint density at radius 3 is 2.62 bits per heavy atom. The largest absolute Gasteiger partial charge is 0.346 e. The van der Waals surface area contributed by atoms with E-state index in [0.717, 1.165) is 78.0 Å². The number of aromatic nitrogens is 4. The number of aryl methyl sites for hydroxylation is 2. The smallest absolute Gasteiger partial charge is 0.298 e. The van der Waals surface area contributed by atoms with Crippen LogP contribution in [0.2, 0.25) is 5.02 Å². The van der Waals surface area contributed by atoms with E-state index >= 15 is 0 Å². The fourth-order valence-corrected chi connectivity index (χ4v) is 6.37. The molecule has 0 saturated carbocycles. The molecule has 0 aliphatic carbocycles. The Kier molecular flexibility index (Phi) is 8.02. The lowest BCUT2D eigenvalue weighted by atomic mass is 9.93. The fraction of sp³-hybridized carbons (Fsp3) is 0.212. The summed E-state index contributed by atoms with van der Waals surface area (Å²) >= 11 is 7.84. The predicted octanol–water partition coefficient (Wildman–Crippen LogP) is 8.36. The first-order valence-corrected chi connectivity index (χ1v) is 15.0. The number of halogens is 1. The average Bonchev–Trinajstić information content (AvgIpc) is 3.57. The molecule has 0 saturated heterocycles. The summed E-state index contributed by atoms with van der Waals surface area (Å²) < 4.78 is 2.88. The van der Waals surface area contributed by atoms with Gasteiger partial charge in [0, 0.05) is 46.5 Å². The standard InChI is InChI=1S/C33H29ClN4O3S/c1-4-5-15-40-41-29(39)18-25-20(2)16-27-32(30(25)21-8-11-24(34)12-9-21)42-33(36-27)22-10-13-28-26(17-22)31(37-38(28)3)23-7-6-14-35-19-23/h6-14,16-17,19H,4-5,15,18H2,1-3H3. The van der Waals surface area contributed by atoms with Crippen LogP contribution in [-0.4, -0.2) is 32.3 Å². The topological polar surface area (TPSA) is 79.1 Å². The van der Waals surface area contributed by atoms with E-state index in [1.165, 1.54) is 0 Å². The molecule has 6 aromatic rings. The summed E-state index contributed by atoms with van der Waals surface area (Å²) in [6, 6.07) is 19.9. The molecular weight excluding hydrogens is 568 g/mol. The van der Waals surface area contributed by atoms with Gasteiger partial charge in [-0.25, -0.2) is 9.78 Å². The molecule has 0 aliphatic rings. The Morgan fingerprint density at radius 2 is 1.86 bits per heavy atom. The van der Waals surface area contributed by atoms with E-state index in [4.69, 9.17) is 31.5 Å². The molecular formula is C33H29ClN4O3S. The van der Waals surface area contributed by atoms with Crippen molar-refractivity contribution in [2.75, 3.05) is 6.61 Å². The van der Waals surface area contributed by atoms with Gasteiger partial charge in [0.05, 0.1) is 28.8 Å². The van der Waals surface area contributed by atoms with Gasteiger partial charge in [-0.1, -0.05) is 37.1 Å². The van der Waals surface area contributed by atoms with Crippen LogP contribution in [0.3, 0.4) is 0 Å². The summed E-state index contributed by atoms with van der Waals surface area (Å²) in [6.45, 7) is 4.44. The van der Waals surface area contributed by atoms with Crippen LogP contribution in [0.25, 0.3) is 54.1 Å². The minimum Gasteiger partial charge on any atom is -0.298 e. The summed E-state index contributed by atoms with van der Waals surface area (Å²) in [5.41, 5.74) is 8.47. The Balaban J connectivity index is 1.46. The molecule has 7 nitrogen and oxygen atoms in total. The van der Waals surface area contributed by atoms with Gasteiger partial charge in [-0.2, -0.15) is 9.99 Å². The number of hydrogen-bond donors (Lipinski definition) is 0. The Labute approximate surface area is 252 Å². The highest BCUT2D eigenvalue weighted by atomic mass is 35.5. The van der Waals surface area contributed by atoms with Crippen LogP contribution in [0.4, 0.5) is 0 Å². The number of nitrogens with zero attached hydrogens (tertiary/aromatic N) is 4. The molecule has 0 fully saturated rings. The van der Waals surface area contributed by atoms with Crippen molar-refractivity contribution in [1.82, 2.24) is 19.7 Å². The first-order chi connectivity index (χ1) is 20.4. The molecule has 6 rings (SSSR count). The normalized spacial score (nSPS) is 11.4. The Morgan fingerprint density at radius 1 is 1.05 bits per heavy atom. The van der Waals surface area contributed by atoms with Crippen molar-refractivity contribution < 1.29 is 14.6 Å². The second-order valence-electron chi connectivity index (χ2n) is 10.2. The van der Waals surface area contributed by atoms with Gasteiger partial charge in [0.1, 0.15) is 10.7 Å². The van der Waals surface area contributed by atoms with Crippen LogP contribution in [-0.2, 0) is 28.0 Å². The third-order valence-corrected chi connectivity index (χ3v) is 8.62. The molecule has 212 valence electrons. The number of rotatable bonds is 9. The van der Waals surface area contributed by atoms with E-state index in [0.29, 0.717) is 11.6 Å². The Hall–Kier alpha value is -4.11. The van der Waals surface area contributed by atoms with Gasteiger partial charge in [0.2, 0.25) is 0 Å². The van der Waals surface area contributed by atoms with Gasteiger partial charge in [-0.15, -0.1) is 11.3 Å². The van der Waals surface area contributed by atoms with Crippen molar-refractivity contribution >= 4 is 50.0 Å². The monoisotopic (exact) mass is 596 g/mol. The SMILES string of the molecule is CCCCOOC(=O)Cc1c(C)cc2nc(-c3ccc4c(c3)c(-c3cccnc3)nn4C)sc2c1-c1ccc(Cl)cc1. The summed E-state index contributed by atoms with van der Waals surface area (Å²) in [6.07, 6.45) is 5.45. The minimum absolute atomic E-state index is 0.0786. The fourth-order valence-electron chi connectivity index (χ4n) is 5.11.